The summed E-state index contributed by atoms with van der Waals surface area (Å²) in [5.74, 6) is -0.215. The highest BCUT2D eigenvalue weighted by Gasteiger charge is 1.87. The molecule has 0 N–H and O–H groups in total. The fourth-order valence-electron chi connectivity index (χ4n) is 0.698. The van der Waals surface area contributed by atoms with E-state index in [-0.39, 0.29) is 5.82 Å². The van der Waals surface area contributed by atoms with Crippen LogP contribution in [0.15, 0.2) is 29.3 Å². The smallest absolute Gasteiger partial charge is 0.123 e. The van der Waals surface area contributed by atoms with Gasteiger partial charge in [-0.05, 0) is 17.7 Å². The second-order valence-electron chi connectivity index (χ2n) is 1.94. The molecule has 0 atom stereocenters. The molecule has 0 saturated heterocycles. The highest BCUT2D eigenvalue weighted by atomic mass is 19.1. The van der Waals surface area contributed by atoms with E-state index in [4.69, 9.17) is 0 Å². The van der Waals surface area contributed by atoms with Crippen LogP contribution in [0.2, 0.25) is 0 Å². The minimum absolute atomic E-state index is 0.215. The van der Waals surface area contributed by atoms with Gasteiger partial charge in [0.15, 0.2) is 0 Å². The maximum absolute atomic E-state index is 12.3. The maximum atomic E-state index is 12.3. The second kappa shape index (κ2) is 3.11. The Kier molecular flexibility index (Phi) is 2.15. The van der Waals surface area contributed by atoms with Crippen LogP contribution in [0.3, 0.4) is 0 Å². The van der Waals surface area contributed by atoms with Gasteiger partial charge in [0.25, 0.3) is 0 Å². The molecule has 0 unspecified atom stereocenters. The molecule has 0 heterocycles. The molecule has 1 aromatic rings. The van der Waals surface area contributed by atoms with Crippen LogP contribution in [0.4, 0.5) is 4.39 Å². The predicted molar refractivity (Wildman–Crippen MR) is 39.9 cm³/mol. The van der Waals surface area contributed by atoms with Crippen LogP contribution in [-0.4, -0.2) is 13.3 Å². The van der Waals surface area contributed by atoms with Crippen LogP contribution in [0.25, 0.3) is 0 Å². The van der Waals surface area contributed by atoms with Gasteiger partial charge in [0.1, 0.15) is 5.82 Å². The molecule has 0 radical (unpaired) electrons. The van der Waals surface area contributed by atoms with Crippen molar-refractivity contribution >= 4 is 6.21 Å². The van der Waals surface area contributed by atoms with E-state index >= 15 is 0 Å². The van der Waals surface area contributed by atoms with Crippen molar-refractivity contribution in [3.8, 4) is 0 Å². The Bertz CT molecular complexity index is 226. The topological polar surface area (TPSA) is 12.4 Å². The summed E-state index contributed by atoms with van der Waals surface area (Å²) < 4.78 is 12.3. The number of rotatable bonds is 1. The number of halogens is 1. The number of nitrogens with zero attached hydrogens (tertiary/aromatic N) is 1. The zero-order valence-electron chi connectivity index (χ0n) is 5.71. The third-order valence-electron chi connectivity index (χ3n) is 1.15. The average molecular weight is 137 g/mol. The van der Waals surface area contributed by atoms with Gasteiger partial charge in [-0.2, -0.15) is 0 Å². The molecule has 0 spiro atoms. The average Bonchev–Trinajstić information content (AvgIpc) is 1.95. The van der Waals surface area contributed by atoms with E-state index in [1.807, 2.05) is 0 Å². The molecule has 0 aliphatic heterocycles. The molecule has 0 aliphatic rings. The maximum Gasteiger partial charge on any atom is 0.123 e. The summed E-state index contributed by atoms with van der Waals surface area (Å²) >= 11 is 0. The fourth-order valence-corrected chi connectivity index (χ4v) is 0.698. The van der Waals surface area contributed by atoms with E-state index in [1.165, 1.54) is 12.1 Å². The molecule has 2 heteroatoms. The van der Waals surface area contributed by atoms with E-state index in [9.17, 15) is 4.39 Å². The van der Waals surface area contributed by atoms with Gasteiger partial charge in [-0.3, -0.25) is 4.99 Å². The van der Waals surface area contributed by atoms with Crippen molar-refractivity contribution in [2.75, 3.05) is 7.05 Å². The molecule has 10 heavy (non-hydrogen) atoms. The summed E-state index contributed by atoms with van der Waals surface area (Å²) in [7, 11) is 1.68. The molecule has 0 aliphatic carbocycles. The molecule has 0 amide bonds. The third-order valence-corrected chi connectivity index (χ3v) is 1.15. The van der Waals surface area contributed by atoms with Crippen LogP contribution in [-0.2, 0) is 0 Å². The minimum Gasteiger partial charge on any atom is -0.296 e. The second-order valence-corrected chi connectivity index (χ2v) is 1.94. The number of benzene rings is 1. The first-order chi connectivity index (χ1) is 4.83. The van der Waals surface area contributed by atoms with Crippen molar-refractivity contribution < 1.29 is 4.39 Å². The Balaban J connectivity index is 2.89. The molecule has 1 rings (SSSR count). The van der Waals surface area contributed by atoms with Gasteiger partial charge in [0, 0.05) is 13.3 Å². The van der Waals surface area contributed by atoms with E-state index in [1.54, 1.807) is 25.4 Å². The van der Waals surface area contributed by atoms with E-state index in [2.05, 4.69) is 4.99 Å². The molecule has 0 saturated carbocycles. The first-order valence-electron chi connectivity index (χ1n) is 3.00. The summed E-state index contributed by atoms with van der Waals surface area (Å²) in [6, 6.07) is 6.19. The van der Waals surface area contributed by atoms with Crippen molar-refractivity contribution in [3.63, 3.8) is 0 Å². The highest BCUT2D eigenvalue weighted by Crippen LogP contribution is 1.99. The molecule has 1 aromatic carbocycles. The number of aliphatic imine (C=N–C) groups is 1. The Labute approximate surface area is 59.2 Å². The summed E-state index contributed by atoms with van der Waals surface area (Å²) in [6.45, 7) is 0. The Morgan fingerprint density at radius 1 is 1.30 bits per heavy atom. The Morgan fingerprint density at radius 3 is 2.40 bits per heavy atom. The summed E-state index contributed by atoms with van der Waals surface area (Å²) in [4.78, 5) is 3.79. The fraction of sp³-hybridized carbons (Fsp3) is 0.125. The molecule has 0 bridgehead atoms. The van der Waals surface area contributed by atoms with Crippen molar-refractivity contribution in [1.82, 2.24) is 0 Å². The van der Waals surface area contributed by atoms with Crippen LogP contribution in [0, 0.1) is 5.82 Å². The normalized spacial score (nSPS) is 10.6. The lowest BCUT2D eigenvalue weighted by Crippen LogP contribution is -1.79. The SMILES string of the molecule is CN=Cc1ccc(F)cc1. The lowest BCUT2D eigenvalue weighted by Gasteiger charge is -1.89. The third kappa shape index (κ3) is 1.65. The van der Waals surface area contributed by atoms with Crippen LogP contribution in [0.5, 0.6) is 0 Å². The van der Waals surface area contributed by atoms with Gasteiger partial charge >= 0.3 is 0 Å². The summed E-state index contributed by atoms with van der Waals surface area (Å²) in [5.41, 5.74) is 0.920. The number of hydrogen-bond donors (Lipinski definition) is 0. The monoisotopic (exact) mass is 137 g/mol. The molecule has 1 nitrogen and oxygen atoms in total. The first-order valence-corrected chi connectivity index (χ1v) is 3.00. The summed E-state index contributed by atoms with van der Waals surface area (Å²) in [6.07, 6.45) is 1.68. The Hall–Kier alpha value is -1.18. The predicted octanol–water partition coefficient (Wildman–Crippen LogP) is 1.87. The molecule has 0 fully saturated rings. The lowest BCUT2D eigenvalue weighted by atomic mass is 10.2. The molecular formula is C8H8FN. The van der Waals surface area contributed by atoms with Gasteiger partial charge in [0.05, 0.1) is 0 Å². The van der Waals surface area contributed by atoms with E-state index in [0.29, 0.717) is 0 Å². The van der Waals surface area contributed by atoms with Crippen molar-refractivity contribution in [1.29, 1.82) is 0 Å². The first kappa shape index (κ1) is 6.93. The molecule has 0 aromatic heterocycles. The van der Waals surface area contributed by atoms with Gasteiger partial charge < -0.3 is 0 Å². The van der Waals surface area contributed by atoms with E-state index in [0.717, 1.165) is 5.56 Å². The molecule has 52 valence electrons. The molecular weight excluding hydrogens is 129 g/mol. The van der Waals surface area contributed by atoms with Crippen molar-refractivity contribution in [2.24, 2.45) is 4.99 Å². The summed E-state index contributed by atoms with van der Waals surface area (Å²) in [5, 5.41) is 0. The van der Waals surface area contributed by atoms with Crippen molar-refractivity contribution in [3.05, 3.63) is 35.6 Å². The van der Waals surface area contributed by atoms with Crippen LogP contribution in [0.1, 0.15) is 5.56 Å². The van der Waals surface area contributed by atoms with E-state index < -0.39 is 0 Å². The zero-order chi connectivity index (χ0) is 7.40. The van der Waals surface area contributed by atoms with Gasteiger partial charge in [-0.15, -0.1) is 0 Å². The van der Waals surface area contributed by atoms with Crippen molar-refractivity contribution in [2.45, 2.75) is 0 Å². The van der Waals surface area contributed by atoms with Gasteiger partial charge in [-0.25, -0.2) is 4.39 Å². The lowest BCUT2D eigenvalue weighted by molar-refractivity contribution is 0.628. The van der Waals surface area contributed by atoms with Gasteiger partial charge in [0.2, 0.25) is 0 Å². The standard InChI is InChI=1S/C8H8FN/c1-10-6-7-2-4-8(9)5-3-7/h2-6H,1H3. The highest BCUT2D eigenvalue weighted by molar-refractivity contribution is 5.79. The quantitative estimate of drug-likeness (QED) is 0.524. The zero-order valence-corrected chi connectivity index (χ0v) is 5.71. The largest absolute Gasteiger partial charge is 0.296 e. The Morgan fingerprint density at radius 2 is 1.90 bits per heavy atom. The minimum atomic E-state index is -0.215. The van der Waals surface area contributed by atoms with Crippen LogP contribution < -0.4 is 0 Å². The number of hydrogen-bond acceptors (Lipinski definition) is 1. The van der Waals surface area contributed by atoms with Crippen LogP contribution >= 0.6 is 0 Å². The van der Waals surface area contributed by atoms with Gasteiger partial charge in [-0.1, -0.05) is 12.1 Å².